The third-order valence-corrected chi connectivity index (χ3v) is 8.06. The van der Waals surface area contributed by atoms with Crippen LogP contribution < -0.4 is 15.2 Å². The molecule has 1 saturated carbocycles. The zero-order chi connectivity index (χ0) is 25.4. The Labute approximate surface area is 215 Å². The summed E-state index contributed by atoms with van der Waals surface area (Å²) in [6.45, 7) is 10.5. The van der Waals surface area contributed by atoms with Gasteiger partial charge < -0.3 is 10.1 Å². The first kappa shape index (κ1) is 26.4. The maximum atomic E-state index is 14.7. The molecule has 1 heterocycles. The average Bonchev–Trinajstić information content (AvgIpc) is 3.50. The second kappa shape index (κ2) is 9.80. The maximum absolute atomic E-state index is 14.7. The van der Waals surface area contributed by atoms with Crippen LogP contribution in [0.25, 0.3) is 0 Å². The summed E-state index contributed by atoms with van der Waals surface area (Å²) in [5.74, 6) is -0.398. The zero-order valence-electron chi connectivity index (χ0n) is 19.9. The third kappa shape index (κ3) is 5.54. The number of hydrogen-bond donors (Lipinski definition) is 1. The molecule has 0 radical (unpaired) electrons. The first-order valence-corrected chi connectivity index (χ1v) is 13.0. The standard InChI is InChI=1S/C24H29FIN3O4S/c1-7-10-24(11-12-24)34(32)29(22(31)33-23(3,4)5)19-13-15(2)21(30)28(6)20(19)27-18-9-8-16(26)14-17(18)25/h7-9,13-14,27H,1,10-12H2,2-6H3. The van der Waals surface area contributed by atoms with Gasteiger partial charge in [-0.1, -0.05) is 6.08 Å². The monoisotopic (exact) mass is 601 g/mol. The highest BCUT2D eigenvalue weighted by atomic mass is 127. The van der Waals surface area contributed by atoms with E-state index in [1.807, 2.05) is 22.6 Å². The summed E-state index contributed by atoms with van der Waals surface area (Å²) < 4.78 is 36.6. The van der Waals surface area contributed by atoms with E-state index in [1.54, 1.807) is 45.9 Å². The van der Waals surface area contributed by atoms with Crippen molar-refractivity contribution in [2.24, 2.45) is 7.05 Å². The van der Waals surface area contributed by atoms with Gasteiger partial charge in [0.05, 0.1) is 10.4 Å². The smallest absolute Gasteiger partial charge is 0.427 e. The number of hydrogen-bond acceptors (Lipinski definition) is 5. The summed E-state index contributed by atoms with van der Waals surface area (Å²) >= 11 is 2.00. The predicted octanol–water partition coefficient (Wildman–Crippen LogP) is 5.69. The normalized spacial score (nSPS) is 15.4. The summed E-state index contributed by atoms with van der Waals surface area (Å²) in [6.07, 6.45) is 2.64. The largest absolute Gasteiger partial charge is 0.443 e. The minimum absolute atomic E-state index is 0.114. The number of halogens is 2. The van der Waals surface area contributed by atoms with Crippen molar-refractivity contribution in [3.63, 3.8) is 0 Å². The Balaban J connectivity index is 2.21. The SMILES string of the molecule is C=CCC1(S(=O)N(C(=O)OC(C)(C)C)c2cc(C)c(=O)n(C)c2Nc2ccc(I)cc2F)CC1. The zero-order valence-corrected chi connectivity index (χ0v) is 22.9. The van der Waals surface area contributed by atoms with Gasteiger partial charge in [-0.2, -0.15) is 4.31 Å². The number of nitrogens with one attached hydrogen (secondary N) is 1. The third-order valence-electron chi connectivity index (χ3n) is 5.40. The number of ether oxygens (including phenoxy) is 1. The summed E-state index contributed by atoms with van der Waals surface area (Å²) in [4.78, 5) is 26.2. The fourth-order valence-electron chi connectivity index (χ4n) is 3.50. The maximum Gasteiger partial charge on any atom is 0.427 e. The van der Waals surface area contributed by atoms with Gasteiger partial charge in [0.25, 0.3) is 5.56 Å². The van der Waals surface area contributed by atoms with E-state index in [1.165, 1.54) is 23.7 Å². The van der Waals surface area contributed by atoms with Crippen molar-refractivity contribution < 1.29 is 18.1 Å². The molecule has 34 heavy (non-hydrogen) atoms. The highest BCUT2D eigenvalue weighted by Gasteiger charge is 2.52. The van der Waals surface area contributed by atoms with Gasteiger partial charge in [0.2, 0.25) is 0 Å². The van der Waals surface area contributed by atoms with E-state index in [4.69, 9.17) is 4.74 Å². The number of nitrogens with zero attached hydrogens (tertiary/aromatic N) is 2. The molecule has 0 spiro atoms. The number of anilines is 3. The molecule has 2 aromatic rings. The predicted molar refractivity (Wildman–Crippen MR) is 142 cm³/mol. The minimum Gasteiger partial charge on any atom is -0.443 e. The van der Waals surface area contributed by atoms with Crippen molar-refractivity contribution in [2.45, 2.75) is 57.3 Å². The molecule has 1 aromatic carbocycles. The fourth-order valence-corrected chi connectivity index (χ4v) is 5.54. The summed E-state index contributed by atoms with van der Waals surface area (Å²) in [5.41, 5.74) is -0.562. The van der Waals surface area contributed by atoms with E-state index in [0.717, 1.165) is 4.31 Å². The molecule has 1 N–H and O–H groups in total. The molecule has 1 aromatic heterocycles. The van der Waals surface area contributed by atoms with Gasteiger partial charge in [-0.15, -0.1) is 6.58 Å². The van der Waals surface area contributed by atoms with Crippen LogP contribution in [0.1, 0.15) is 45.6 Å². The number of pyridine rings is 1. The Kier molecular flexibility index (Phi) is 7.61. The molecule has 0 bridgehead atoms. The Bertz CT molecular complexity index is 1220. The molecule has 184 valence electrons. The number of rotatable bonds is 7. The van der Waals surface area contributed by atoms with Crippen LogP contribution in [0.2, 0.25) is 0 Å². The van der Waals surface area contributed by atoms with Gasteiger partial charge in [-0.3, -0.25) is 9.36 Å². The second-order valence-corrected chi connectivity index (χ2v) is 12.3. The van der Waals surface area contributed by atoms with Crippen LogP contribution in [0.5, 0.6) is 0 Å². The van der Waals surface area contributed by atoms with E-state index in [2.05, 4.69) is 11.9 Å². The average molecular weight is 601 g/mol. The van der Waals surface area contributed by atoms with E-state index >= 15 is 0 Å². The van der Waals surface area contributed by atoms with Crippen LogP contribution in [0.3, 0.4) is 0 Å². The lowest BCUT2D eigenvalue weighted by Crippen LogP contribution is -2.43. The van der Waals surface area contributed by atoms with E-state index in [0.29, 0.717) is 28.4 Å². The number of amides is 1. The van der Waals surface area contributed by atoms with Gasteiger partial charge in [0, 0.05) is 16.2 Å². The van der Waals surface area contributed by atoms with E-state index < -0.39 is 33.2 Å². The quantitative estimate of drug-likeness (QED) is 0.326. The van der Waals surface area contributed by atoms with Crippen molar-refractivity contribution in [2.75, 3.05) is 9.62 Å². The highest BCUT2D eigenvalue weighted by molar-refractivity contribution is 14.1. The molecule has 1 aliphatic carbocycles. The molecule has 10 heteroatoms. The minimum atomic E-state index is -1.84. The van der Waals surface area contributed by atoms with Crippen molar-refractivity contribution in [1.82, 2.24) is 4.57 Å². The lowest BCUT2D eigenvalue weighted by atomic mass is 10.2. The molecule has 0 aliphatic heterocycles. The molecule has 0 saturated heterocycles. The Morgan fingerprint density at radius 3 is 2.56 bits per heavy atom. The summed E-state index contributed by atoms with van der Waals surface area (Å²) in [7, 11) is -0.323. The molecule has 1 amide bonds. The van der Waals surface area contributed by atoms with E-state index in [-0.39, 0.29) is 22.8 Å². The van der Waals surface area contributed by atoms with Crippen LogP contribution >= 0.6 is 22.6 Å². The van der Waals surface area contributed by atoms with Crippen molar-refractivity contribution in [3.05, 3.63) is 62.2 Å². The van der Waals surface area contributed by atoms with Crippen molar-refractivity contribution in [1.29, 1.82) is 0 Å². The molecular weight excluding hydrogens is 572 g/mol. The van der Waals surface area contributed by atoms with Gasteiger partial charge >= 0.3 is 6.09 Å². The first-order chi connectivity index (χ1) is 15.8. The number of aryl methyl sites for hydroxylation is 1. The Morgan fingerprint density at radius 1 is 1.38 bits per heavy atom. The first-order valence-electron chi connectivity index (χ1n) is 10.8. The molecular formula is C24H29FIN3O4S. The summed E-state index contributed by atoms with van der Waals surface area (Å²) in [6, 6.07) is 6.09. The summed E-state index contributed by atoms with van der Waals surface area (Å²) in [5, 5.41) is 2.94. The number of allylic oxidation sites excluding steroid dienone is 1. The Morgan fingerprint density at radius 2 is 2.03 bits per heavy atom. The van der Waals surface area contributed by atoms with Gasteiger partial charge in [-0.25, -0.2) is 13.4 Å². The van der Waals surface area contributed by atoms with Crippen LogP contribution in [-0.2, 0) is 22.8 Å². The fraction of sp³-hybridized carbons (Fsp3) is 0.417. The van der Waals surface area contributed by atoms with Crippen LogP contribution in [-0.4, -0.2) is 25.2 Å². The van der Waals surface area contributed by atoms with Gasteiger partial charge in [-0.05, 0) is 93.8 Å². The number of benzene rings is 1. The van der Waals surface area contributed by atoms with Crippen LogP contribution in [0.15, 0.2) is 41.7 Å². The lowest BCUT2D eigenvalue weighted by molar-refractivity contribution is 0.0610. The topological polar surface area (TPSA) is 80.6 Å². The second-order valence-electron chi connectivity index (χ2n) is 9.37. The van der Waals surface area contributed by atoms with Gasteiger partial charge in [0.15, 0.2) is 0 Å². The number of aromatic nitrogens is 1. The number of carbonyl (C=O) groups excluding carboxylic acids is 1. The van der Waals surface area contributed by atoms with E-state index in [9.17, 15) is 18.2 Å². The lowest BCUT2D eigenvalue weighted by Gasteiger charge is -2.31. The molecule has 7 nitrogen and oxygen atoms in total. The van der Waals surface area contributed by atoms with Crippen molar-refractivity contribution >= 4 is 56.9 Å². The number of carbonyl (C=O) groups is 1. The molecule has 1 fully saturated rings. The van der Waals surface area contributed by atoms with Crippen LogP contribution in [0, 0.1) is 16.3 Å². The van der Waals surface area contributed by atoms with Gasteiger partial charge in [0.1, 0.15) is 33.9 Å². The molecule has 3 rings (SSSR count). The van der Waals surface area contributed by atoms with Crippen molar-refractivity contribution in [3.8, 4) is 0 Å². The highest BCUT2D eigenvalue weighted by Crippen LogP contribution is 2.48. The Hall–Kier alpha value is -2.21. The van der Waals surface area contributed by atoms with Crippen LogP contribution in [0.4, 0.5) is 26.4 Å². The molecule has 1 aliphatic rings. The molecule has 1 atom stereocenters. The molecule has 1 unspecified atom stereocenters.